The Hall–Kier alpha value is -0.0831. The SMILES string of the molecule is C=C.CCO[SiH3]. The van der Waals surface area contributed by atoms with Gasteiger partial charge < -0.3 is 4.43 Å². The van der Waals surface area contributed by atoms with E-state index in [1.54, 1.807) is 0 Å². The third-order valence-electron chi connectivity index (χ3n) is 0.289. The second-order valence-corrected chi connectivity index (χ2v) is 1.15. The van der Waals surface area contributed by atoms with Gasteiger partial charge in [-0.25, -0.2) is 0 Å². The van der Waals surface area contributed by atoms with Gasteiger partial charge in [0.05, 0.1) is 0 Å². The maximum Gasteiger partial charge on any atom is 0.145 e. The van der Waals surface area contributed by atoms with Gasteiger partial charge in [0.2, 0.25) is 0 Å². The number of rotatable bonds is 1. The van der Waals surface area contributed by atoms with Gasteiger partial charge in [0.25, 0.3) is 0 Å². The first-order valence-electron chi connectivity index (χ1n) is 1.90. The Morgan fingerprint density at radius 3 is 1.83 bits per heavy atom. The van der Waals surface area contributed by atoms with Gasteiger partial charge in [0.1, 0.15) is 10.5 Å². The Kier molecular flexibility index (Phi) is 31.9. The van der Waals surface area contributed by atoms with Crippen LogP contribution in [0, 0.1) is 0 Å². The first kappa shape index (κ1) is 9.32. The van der Waals surface area contributed by atoms with Crippen LogP contribution in [-0.2, 0) is 4.43 Å². The molecule has 0 aliphatic carbocycles. The highest BCUT2D eigenvalue weighted by Gasteiger charge is 1.51. The van der Waals surface area contributed by atoms with Crippen molar-refractivity contribution in [2.45, 2.75) is 6.92 Å². The fraction of sp³-hybridized carbons (Fsp3) is 0.500. The molecule has 0 saturated carbocycles. The van der Waals surface area contributed by atoms with Crippen molar-refractivity contribution < 1.29 is 4.43 Å². The smallest absolute Gasteiger partial charge is 0.145 e. The topological polar surface area (TPSA) is 9.23 Å². The van der Waals surface area contributed by atoms with Crippen LogP contribution in [0.25, 0.3) is 0 Å². The van der Waals surface area contributed by atoms with Gasteiger partial charge in [0.15, 0.2) is 0 Å². The van der Waals surface area contributed by atoms with Crippen molar-refractivity contribution in [3.05, 3.63) is 13.2 Å². The monoisotopic (exact) mass is 104 g/mol. The molecule has 0 heterocycles. The van der Waals surface area contributed by atoms with Crippen LogP contribution in [0.4, 0.5) is 0 Å². The summed E-state index contributed by atoms with van der Waals surface area (Å²) in [5, 5.41) is 0. The summed E-state index contributed by atoms with van der Waals surface area (Å²) in [7, 11) is 0.890. The van der Waals surface area contributed by atoms with Crippen molar-refractivity contribution in [3.8, 4) is 0 Å². The lowest BCUT2D eigenvalue weighted by atomic mass is 10.9. The van der Waals surface area contributed by atoms with Crippen LogP contribution in [-0.4, -0.2) is 17.1 Å². The van der Waals surface area contributed by atoms with Gasteiger partial charge in [0, 0.05) is 6.61 Å². The average molecular weight is 104 g/mol. The Morgan fingerprint density at radius 1 is 1.67 bits per heavy atom. The molecule has 0 aromatic rings. The highest BCUT2D eigenvalue weighted by atomic mass is 28.2. The summed E-state index contributed by atoms with van der Waals surface area (Å²) in [5.74, 6) is 0. The molecule has 0 saturated heterocycles. The van der Waals surface area contributed by atoms with E-state index in [0.717, 1.165) is 17.1 Å². The first-order chi connectivity index (χ1) is 2.91. The molecule has 0 amide bonds. The van der Waals surface area contributed by atoms with Gasteiger partial charge in [-0.15, -0.1) is 13.2 Å². The summed E-state index contributed by atoms with van der Waals surface area (Å²) >= 11 is 0. The minimum Gasteiger partial charge on any atom is -0.428 e. The van der Waals surface area contributed by atoms with Gasteiger partial charge in [-0.2, -0.15) is 0 Å². The fourth-order valence-corrected chi connectivity index (χ4v) is 0. The quantitative estimate of drug-likeness (QED) is 0.339. The maximum absolute atomic E-state index is 4.68. The first-order valence-corrected chi connectivity index (χ1v) is 2.72. The largest absolute Gasteiger partial charge is 0.428 e. The second kappa shape index (κ2) is 20.5. The molecule has 1 nitrogen and oxygen atoms in total. The zero-order chi connectivity index (χ0) is 5.41. The summed E-state index contributed by atoms with van der Waals surface area (Å²) in [6, 6.07) is 0. The lowest BCUT2D eigenvalue weighted by Crippen LogP contribution is -1.76. The van der Waals surface area contributed by atoms with Crippen LogP contribution in [0.3, 0.4) is 0 Å². The summed E-state index contributed by atoms with van der Waals surface area (Å²) in [6.07, 6.45) is 0. The second-order valence-electron chi connectivity index (χ2n) is 0.577. The van der Waals surface area contributed by atoms with Crippen molar-refractivity contribution in [2.24, 2.45) is 0 Å². The third-order valence-corrected chi connectivity index (χ3v) is 0.866. The Bertz CT molecular complexity index is 15.0. The van der Waals surface area contributed by atoms with Crippen LogP contribution in [0.5, 0.6) is 0 Å². The van der Waals surface area contributed by atoms with E-state index in [1.165, 1.54) is 0 Å². The molecule has 0 N–H and O–H groups in total. The highest BCUT2D eigenvalue weighted by molar-refractivity contribution is 5.97. The zero-order valence-corrected chi connectivity index (χ0v) is 6.53. The van der Waals surface area contributed by atoms with E-state index in [9.17, 15) is 0 Å². The zero-order valence-electron chi connectivity index (χ0n) is 4.53. The van der Waals surface area contributed by atoms with E-state index in [0.29, 0.717) is 0 Å². The Balaban J connectivity index is 0. The van der Waals surface area contributed by atoms with Gasteiger partial charge in [-0.3, -0.25) is 0 Å². The molecule has 0 spiro atoms. The van der Waals surface area contributed by atoms with Crippen molar-refractivity contribution in [2.75, 3.05) is 6.61 Å². The molecule has 0 bridgehead atoms. The van der Waals surface area contributed by atoms with Crippen LogP contribution in [0.1, 0.15) is 6.92 Å². The summed E-state index contributed by atoms with van der Waals surface area (Å²) < 4.78 is 4.68. The normalized spacial score (nSPS) is 6.17. The van der Waals surface area contributed by atoms with Crippen LogP contribution in [0.15, 0.2) is 13.2 Å². The number of hydrogen-bond donors (Lipinski definition) is 0. The molecule has 0 aromatic carbocycles. The van der Waals surface area contributed by atoms with Crippen molar-refractivity contribution in [3.63, 3.8) is 0 Å². The predicted octanol–water partition coefficient (Wildman–Crippen LogP) is 0.106. The predicted molar refractivity (Wildman–Crippen MR) is 32.8 cm³/mol. The molecular weight excluding hydrogens is 92.1 g/mol. The Labute approximate surface area is 42.6 Å². The molecule has 2 heteroatoms. The molecule has 6 heavy (non-hydrogen) atoms. The van der Waals surface area contributed by atoms with Crippen LogP contribution >= 0.6 is 0 Å². The van der Waals surface area contributed by atoms with Gasteiger partial charge in [-0.1, -0.05) is 0 Å². The lowest BCUT2D eigenvalue weighted by molar-refractivity contribution is 0.375. The van der Waals surface area contributed by atoms with E-state index in [4.69, 9.17) is 0 Å². The van der Waals surface area contributed by atoms with Crippen molar-refractivity contribution >= 4 is 10.5 Å². The molecule has 0 unspecified atom stereocenters. The fourth-order valence-electron chi connectivity index (χ4n) is 0. The summed E-state index contributed by atoms with van der Waals surface area (Å²) in [4.78, 5) is 0. The van der Waals surface area contributed by atoms with Gasteiger partial charge >= 0.3 is 0 Å². The average Bonchev–Trinajstić information content (AvgIpc) is 1.72. The lowest BCUT2D eigenvalue weighted by Gasteiger charge is -1.77. The maximum atomic E-state index is 4.68. The minimum atomic E-state index is 0.881. The Morgan fingerprint density at radius 2 is 1.83 bits per heavy atom. The van der Waals surface area contributed by atoms with Crippen molar-refractivity contribution in [1.82, 2.24) is 0 Å². The van der Waals surface area contributed by atoms with E-state index >= 15 is 0 Å². The van der Waals surface area contributed by atoms with E-state index in [-0.39, 0.29) is 0 Å². The summed E-state index contributed by atoms with van der Waals surface area (Å²) in [5.41, 5.74) is 0. The highest BCUT2D eigenvalue weighted by Crippen LogP contribution is 1.50. The molecule has 0 rings (SSSR count). The molecule has 0 radical (unpaired) electrons. The number of hydrogen-bond acceptors (Lipinski definition) is 1. The standard InChI is InChI=1S/C2H8OSi.C2H4/c1-2-3-4;1-2/h2H2,1,4H3;1-2H2. The molecular formula is C4H12OSi. The van der Waals surface area contributed by atoms with Crippen LogP contribution in [0.2, 0.25) is 0 Å². The van der Waals surface area contributed by atoms with Crippen molar-refractivity contribution in [1.29, 1.82) is 0 Å². The van der Waals surface area contributed by atoms with Gasteiger partial charge in [-0.05, 0) is 6.92 Å². The molecule has 0 fully saturated rings. The molecule has 0 aliphatic heterocycles. The van der Waals surface area contributed by atoms with E-state index < -0.39 is 0 Å². The minimum absolute atomic E-state index is 0.881. The summed E-state index contributed by atoms with van der Waals surface area (Å²) in [6.45, 7) is 8.87. The van der Waals surface area contributed by atoms with E-state index in [1.807, 2.05) is 6.92 Å². The molecule has 0 aromatic heterocycles. The van der Waals surface area contributed by atoms with Crippen LogP contribution < -0.4 is 0 Å². The molecule has 0 aliphatic rings. The molecule has 0 atom stereocenters. The molecule has 38 valence electrons. The third kappa shape index (κ3) is 39.6. The van der Waals surface area contributed by atoms with E-state index in [2.05, 4.69) is 17.6 Å².